The van der Waals surface area contributed by atoms with Crippen LogP contribution in [0.4, 0.5) is 0 Å². The number of nitrogens with one attached hydrogen (secondary N) is 1. The highest BCUT2D eigenvalue weighted by Crippen LogP contribution is 2.09. The quantitative estimate of drug-likeness (QED) is 0.565. The summed E-state index contributed by atoms with van der Waals surface area (Å²) >= 11 is 0. The molecule has 0 aromatic heterocycles. The molecule has 26 heavy (non-hydrogen) atoms. The van der Waals surface area contributed by atoms with Crippen LogP contribution in [-0.2, 0) is 21.3 Å². The first kappa shape index (κ1) is 20.7. The zero-order valence-corrected chi connectivity index (χ0v) is 16.7. The van der Waals surface area contributed by atoms with Crippen molar-refractivity contribution in [3.8, 4) is 0 Å². The van der Waals surface area contributed by atoms with Crippen LogP contribution in [0.2, 0.25) is 0 Å². The van der Waals surface area contributed by atoms with Crippen molar-refractivity contribution in [1.29, 1.82) is 0 Å². The summed E-state index contributed by atoms with van der Waals surface area (Å²) in [4.78, 5) is 6.42. The maximum Gasteiger partial charge on any atom is 0.216 e. The van der Waals surface area contributed by atoms with Crippen molar-refractivity contribution < 1.29 is 13.2 Å². The molecule has 0 aliphatic carbocycles. The average Bonchev–Trinajstić information content (AvgIpc) is 2.63. The van der Waals surface area contributed by atoms with Gasteiger partial charge in [-0.3, -0.25) is 4.99 Å². The van der Waals surface area contributed by atoms with E-state index in [2.05, 4.69) is 27.3 Å². The van der Waals surface area contributed by atoms with Crippen molar-refractivity contribution >= 4 is 16.0 Å². The van der Waals surface area contributed by atoms with Crippen LogP contribution in [0.25, 0.3) is 0 Å². The molecule has 7 nitrogen and oxygen atoms in total. The highest BCUT2D eigenvalue weighted by Gasteiger charge is 2.27. The Morgan fingerprint density at radius 2 is 1.85 bits per heavy atom. The summed E-state index contributed by atoms with van der Waals surface area (Å²) in [5.41, 5.74) is 1.18. The Hall–Kier alpha value is -1.64. The lowest BCUT2D eigenvalue weighted by molar-refractivity contribution is 0.0904. The van der Waals surface area contributed by atoms with Gasteiger partial charge < -0.3 is 15.0 Å². The van der Waals surface area contributed by atoms with Gasteiger partial charge in [0.15, 0.2) is 5.96 Å². The SMILES string of the molecule is CN=C(NCc1ccccc1)N1CCN(S(=O)(=O)CCOC(C)C)CC1. The van der Waals surface area contributed by atoms with Crippen molar-refractivity contribution in [2.24, 2.45) is 4.99 Å². The van der Waals surface area contributed by atoms with Crippen molar-refractivity contribution in [3.05, 3.63) is 35.9 Å². The van der Waals surface area contributed by atoms with Crippen LogP contribution in [-0.4, -0.2) is 75.3 Å². The van der Waals surface area contributed by atoms with Gasteiger partial charge in [-0.2, -0.15) is 4.31 Å². The number of hydrogen-bond donors (Lipinski definition) is 1. The van der Waals surface area contributed by atoms with E-state index >= 15 is 0 Å². The summed E-state index contributed by atoms with van der Waals surface area (Å²) in [6, 6.07) is 10.1. The van der Waals surface area contributed by atoms with Crippen LogP contribution in [0, 0.1) is 0 Å². The molecule has 0 atom stereocenters. The summed E-state index contributed by atoms with van der Waals surface area (Å²) in [6.45, 7) is 6.92. The predicted molar refractivity (Wildman–Crippen MR) is 105 cm³/mol. The summed E-state index contributed by atoms with van der Waals surface area (Å²) in [7, 11) is -1.52. The number of rotatable bonds is 7. The highest BCUT2D eigenvalue weighted by molar-refractivity contribution is 7.89. The lowest BCUT2D eigenvalue weighted by Crippen LogP contribution is -2.54. The first-order valence-corrected chi connectivity index (χ1v) is 10.6. The van der Waals surface area contributed by atoms with E-state index in [4.69, 9.17) is 4.74 Å². The van der Waals surface area contributed by atoms with Gasteiger partial charge in [0.25, 0.3) is 0 Å². The summed E-state index contributed by atoms with van der Waals surface area (Å²) in [5, 5.41) is 3.34. The molecule has 0 saturated carbocycles. The van der Waals surface area contributed by atoms with Gasteiger partial charge in [-0.1, -0.05) is 30.3 Å². The number of guanidine groups is 1. The standard InChI is InChI=1S/C18H30N4O3S/c1-16(2)25-13-14-26(23,24)22-11-9-21(10-12-22)18(19-3)20-15-17-7-5-4-6-8-17/h4-8,16H,9-15H2,1-3H3,(H,19,20). The molecule has 0 unspecified atom stereocenters. The second-order valence-electron chi connectivity index (χ2n) is 6.51. The Balaban J connectivity index is 1.82. The number of hydrogen-bond acceptors (Lipinski definition) is 4. The van der Waals surface area contributed by atoms with Gasteiger partial charge in [-0.25, -0.2) is 8.42 Å². The molecule has 0 bridgehead atoms. The predicted octanol–water partition coefficient (Wildman–Crippen LogP) is 1.13. The number of nitrogens with zero attached hydrogens (tertiary/aromatic N) is 3. The second-order valence-corrected chi connectivity index (χ2v) is 8.60. The molecule has 1 N–H and O–H groups in total. The smallest absolute Gasteiger partial charge is 0.216 e. The third-order valence-corrected chi connectivity index (χ3v) is 6.06. The molecule has 1 aromatic rings. The van der Waals surface area contributed by atoms with Gasteiger partial charge in [-0.15, -0.1) is 0 Å². The van der Waals surface area contributed by atoms with E-state index in [-0.39, 0.29) is 18.5 Å². The topological polar surface area (TPSA) is 74.2 Å². The van der Waals surface area contributed by atoms with E-state index in [9.17, 15) is 8.42 Å². The molecule has 0 radical (unpaired) electrons. The summed E-state index contributed by atoms with van der Waals surface area (Å²) in [6.07, 6.45) is 0.0426. The minimum atomic E-state index is -3.27. The maximum absolute atomic E-state index is 12.4. The van der Waals surface area contributed by atoms with E-state index in [1.807, 2.05) is 32.0 Å². The lowest BCUT2D eigenvalue weighted by atomic mass is 10.2. The molecular weight excluding hydrogens is 352 g/mol. The Bertz CT molecular complexity index is 669. The highest BCUT2D eigenvalue weighted by atomic mass is 32.2. The molecule has 0 spiro atoms. The van der Waals surface area contributed by atoms with E-state index in [0.29, 0.717) is 32.7 Å². The van der Waals surface area contributed by atoms with Crippen LogP contribution in [0.3, 0.4) is 0 Å². The maximum atomic E-state index is 12.4. The minimum Gasteiger partial charge on any atom is -0.378 e. The molecule has 1 saturated heterocycles. The Morgan fingerprint density at radius 1 is 1.19 bits per heavy atom. The van der Waals surface area contributed by atoms with Gasteiger partial charge in [0.2, 0.25) is 10.0 Å². The van der Waals surface area contributed by atoms with Crippen molar-refractivity contribution in [3.63, 3.8) is 0 Å². The zero-order chi connectivity index (χ0) is 19.0. The Labute approximate surface area is 157 Å². The fourth-order valence-electron chi connectivity index (χ4n) is 2.81. The van der Waals surface area contributed by atoms with Crippen LogP contribution in [0.15, 0.2) is 35.3 Å². The number of ether oxygens (including phenoxy) is 1. The van der Waals surface area contributed by atoms with Crippen molar-refractivity contribution in [2.45, 2.75) is 26.5 Å². The second kappa shape index (κ2) is 9.89. The number of benzene rings is 1. The van der Waals surface area contributed by atoms with Gasteiger partial charge >= 0.3 is 0 Å². The molecule has 1 aliphatic rings. The van der Waals surface area contributed by atoms with Crippen LogP contribution in [0.1, 0.15) is 19.4 Å². The number of aliphatic imine (C=N–C) groups is 1. The third-order valence-electron chi connectivity index (χ3n) is 4.23. The van der Waals surface area contributed by atoms with Gasteiger partial charge in [0.1, 0.15) is 0 Å². The Morgan fingerprint density at radius 3 is 2.42 bits per heavy atom. The van der Waals surface area contributed by atoms with E-state index in [1.54, 1.807) is 11.4 Å². The molecule has 1 aromatic carbocycles. The Kier molecular flexibility index (Phi) is 7.86. The fraction of sp³-hybridized carbons (Fsp3) is 0.611. The zero-order valence-electron chi connectivity index (χ0n) is 15.9. The summed E-state index contributed by atoms with van der Waals surface area (Å²) in [5.74, 6) is 0.834. The van der Waals surface area contributed by atoms with Crippen LogP contribution in [0.5, 0.6) is 0 Å². The van der Waals surface area contributed by atoms with Crippen LogP contribution >= 0.6 is 0 Å². The minimum absolute atomic E-state index is 0.0339. The third kappa shape index (κ3) is 6.26. The first-order valence-electron chi connectivity index (χ1n) is 9.01. The van der Waals surface area contributed by atoms with Gasteiger partial charge in [-0.05, 0) is 19.4 Å². The van der Waals surface area contributed by atoms with Crippen molar-refractivity contribution in [2.75, 3.05) is 45.6 Å². The normalized spacial score (nSPS) is 16.9. The molecule has 0 amide bonds. The fourth-order valence-corrected chi connectivity index (χ4v) is 4.09. The number of piperazine rings is 1. The lowest BCUT2D eigenvalue weighted by Gasteiger charge is -2.35. The average molecular weight is 383 g/mol. The first-order chi connectivity index (χ1) is 12.4. The molecule has 1 aliphatic heterocycles. The summed E-state index contributed by atoms with van der Waals surface area (Å²) < 4.78 is 31.7. The van der Waals surface area contributed by atoms with Gasteiger partial charge in [0.05, 0.1) is 18.5 Å². The molecule has 146 valence electrons. The van der Waals surface area contributed by atoms with E-state index < -0.39 is 10.0 Å². The molecular formula is C18H30N4O3S. The van der Waals surface area contributed by atoms with Crippen molar-refractivity contribution in [1.82, 2.24) is 14.5 Å². The van der Waals surface area contributed by atoms with E-state index in [1.165, 1.54) is 5.56 Å². The van der Waals surface area contributed by atoms with E-state index in [0.717, 1.165) is 5.96 Å². The molecule has 1 heterocycles. The monoisotopic (exact) mass is 382 g/mol. The van der Waals surface area contributed by atoms with Crippen LogP contribution < -0.4 is 5.32 Å². The molecule has 8 heteroatoms. The van der Waals surface area contributed by atoms with Gasteiger partial charge in [0, 0.05) is 39.8 Å². The largest absolute Gasteiger partial charge is 0.378 e. The molecule has 2 rings (SSSR count). The number of sulfonamides is 1. The molecule has 1 fully saturated rings.